The van der Waals surface area contributed by atoms with Crippen molar-refractivity contribution in [3.05, 3.63) is 23.7 Å². The molecule has 1 heterocycles. The molecule has 4 heteroatoms. The molecule has 0 bridgehead atoms. The van der Waals surface area contributed by atoms with E-state index in [0.29, 0.717) is 18.6 Å². The van der Waals surface area contributed by atoms with Crippen LogP contribution in [0.15, 0.2) is 16.7 Å². The molecule has 16 heavy (non-hydrogen) atoms. The molecule has 90 valence electrons. The normalized spacial score (nSPS) is 10.6. The summed E-state index contributed by atoms with van der Waals surface area (Å²) in [6.07, 6.45) is 5.40. The number of carbonyl (C=O) groups is 1. The maximum Gasteiger partial charge on any atom is 0.372 e. The topological polar surface area (TPSA) is 59.7 Å². The lowest BCUT2D eigenvalue weighted by Gasteiger charge is -2.02. The van der Waals surface area contributed by atoms with E-state index < -0.39 is 5.97 Å². The van der Waals surface area contributed by atoms with E-state index >= 15 is 0 Å². The molecule has 1 rings (SSSR count). The molecule has 0 aliphatic carbocycles. The maximum atomic E-state index is 10.7. The fraction of sp³-hybridized carbons (Fsp3) is 0.583. The van der Waals surface area contributed by atoms with Crippen LogP contribution < -0.4 is 0 Å². The van der Waals surface area contributed by atoms with Crippen molar-refractivity contribution in [1.82, 2.24) is 0 Å². The summed E-state index contributed by atoms with van der Waals surface area (Å²) in [5.74, 6) is -0.997. The molecule has 0 amide bonds. The smallest absolute Gasteiger partial charge is 0.372 e. The van der Waals surface area contributed by atoms with Crippen LogP contribution in [-0.4, -0.2) is 24.3 Å². The Hall–Kier alpha value is -1.29. The quantitative estimate of drug-likeness (QED) is 0.692. The van der Waals surface area contributed by atoms with Gasteiger partial charge in [0, 0.05) is 12.2 Å². The molecule has 0 radical (unpaired) electrons. The lowest BCUT2D eigenvalue weighted by Crippen LogP contribution is -2.04. The summed E-state index contributed by atoms with van der Waals surface area (Å²) in [5.41, 5.74) is 0.697. The molecule has 0 fully saturated rings. The van der Waals surface area contributed by atoms with Gasteiger partial charge in [-0.2, -0.15) is 0 Å². The highest BCUT2D eigenvalue weighted by Crippen LogP contribution is 2.11. The molecule has 0 aliphatic heterocycles. The molecular formula is C12H18O4. The van der Waals surface area contributed by atoms with Crippen LogP contribution in [0.3, 0.4) is 0 Å². The number of hydrogen-bond acceptors (Lipinski definition) is 3. The number of hydrogen-bond donors (Lipinski definition) is 1. The first kappa shape index (κ1) is 12.8. The Kier molecular flexibility index (Phi) is 5.64. The highest BCUT2D eigenvalue weighted by atomic mass is 16.5. The Morgan fingerprint density at radius 1 is 1.44 bits per heavy atom. The van der Waals surface area contributed by atoms with Gasteiger partial charge in [0.15, 0.2) is 0 Å². The Morgan fingerprint density at radius 3 is 2.94 bits per heavy atom. The van der Waals surface area contributed by atoms with Gasteiger partial charge in [-0.1, -0.05) is 19.8 Å². The second-order valence-electron chi connectivity index (χ2n) is 3.65. The van der Waals surface area contributed by atoms with Crippen molar-refractivity contribution >= 4 is 5.97 Å². The van der Waals surface area contributed by atoms with Gasteiger partial charge in [-0.3, -0.25) is 0 Å². The van der Waals surface area contributed by atoms with Gasteiger partial charge < -0.3 is 14.3 Å². The van der Waals surface area contributed by atoms with Gasteiger partial charge in [-0.15, -0.1) is 0 Å². The summed E-state index contributed by atoms with van der Waals surface area (Å²) >= 11 is 0. The zero-order valence-electron chi connectivity index (χ0n) is 9.57. The van der Waals surface area contributed by atoms with Gasteiger partial charge in [0.2, 0.25) is 5.76 Å². The lowest BCUT2D eigenvalue weighted by molar-refractivity contribution is 0.0659. The third-order valence-electron chi connectivity index (χ3n) is 2.35. The summed E-state index contributed by atoms with van der Waals surface area (Å²) in [4.78, 5) is 10.7. The van der Waals surface area contributed by atoms with Crippen molar-refractivity contribution in [2.24, 2.45) is 0 Å². The van der Waals surface area contributed by atoms with E-state index in [1.54, 1.807) is 6.07 Å². The molecule has 0 saturated carbocycles. The van der Waals surface area contributed by atoms with Gasteiger partial charge in [0.05, 0.1) is 12.9 Å². The summed E-state index contributed by atoms with van der Waals surface area (Å²) in [6.45, 7) is 3.43. The molecule has 0 unspecified atom stereocenters. The van der Waals surface area contributed by atoms with E-state index in [4.69, 9.17) is 14.3 Å². The van der Waals surface area contributed by atoms with Crippen molar-refractivity contribution < 1.29 is 19.1 Å². The van der Waals surface area contributed by atoms with Crippen LogP contribution in [0.4, 0.5) is 0 Å². The number of unbranched alkanes of at least 4 members (excludes halogenated alkanes) is 2. The Labute approximate surface area is 95.2 Å². The number of rotatable bonds is 8. The van der Waals surface area contributed by atoms with E-state index in [9.17, 15) is 4.79 Å². The Balaban J connectivity index is 2.21. The van der Waals surface area contributed by atoms with Crippen LogP contribution in [0.5, 0.6) is 0 Å². The molecule has 4 nitrogen and oxygen atoms in total. The third kappa shape index (κ3) is 4.06. The van der Waals surface area contributed by atoms with Crippen molar-refractivity contribution in [2.45, 2.75) is 32.6 Å². The second-order valence-corrected chi connectivity index (χ2v) is 3.65. The Morgan fingerprint density at radius 2 is 2.25 bits per heavy atom. The maximum absolute atomic E-state index is 10.7. The summed E-state index contributed by atoms with van der Waals surface area (Å²) in [6, 6.07) is 1.68. The number of furan rings is 1. The van der Waals surface area contributed by atoms with Gasteiger partial charge in [0.1, 0.15) is 0 Å². The van der Waals surface area contributed by atoms with Crippen LogP contribution in [0.1, 0.15) is 42.3 Å². The first-order valence-electron chi connectivity index (χ1n) is 5.63. The predicted molar refractivity (Wildman–Crippen MR) is 59.7 cm³/mol. The van der Waals surface area contributed by atoms with E-state index in [0.717, 1.165) is 13.0 Å². The summed E-state index contributed by atoms with van der Waals surface area (Å²) in [7, 11) is 0. The second kappa shape index (κ2) is 7.06. The van der Waals surface area contributed by atoms with Gasteiger partial charge in [-0.05, 0) is 18.9 Å². The largest absolute Gasteiger partial charge is 0.475 e. The average molecular weight is 226 g/mol. The predicted octanol–water partition coefficient (Wildman–Crippen LogP) is 2.73. The number of ether oxygens (including phenoxy) is 1. The minimum atomic E-state index is -1.02. The fourth-order valence-corrected chi connectivity index (χ4v) is 1.46. The van der Waals surface area contributed by atoms with Gasteiger partial charge in [-0.25, -0.2) is 4.79 Å². The zero-order valence-corrected chi connectivity index (χ0v) is 9.57. The van der Waals surface area contributed by atoms with Crippen LogP contribution in [0.25, 0.3) is 0 Å². The summed E-state index contributed by atoms with van der Waals surface area (Å²) < 4.78 is 10.3. The van der Waals surface area contributed by atoms with E-state index in [2.05, 4.69) is 6.92 Å². The van der Waals surface area contributed by atoms with Crippen LogP contribution in [0, 0.1) is 0 Å². The molecule has 0 aliphatic rings. The fourth-order valence-electron chi connectivity index (χ4n) is 1.46. The average Bonchev–Trinajstić information content (AvgIpc) is 2.71. The van der Waals surface area contributed by atoms with Gasteiger partial charge >= 0.3 is 5.97 Å². The van der Waals surface area contributed by atoms with Crippen LogP contribution >= 0.6 is 0 Å². The van der Waals surface area contributed by atoms with Crippen LogP contribution in [0.2, 0.25) is 0 Å². The molecule has 0 atom stereocenters. The molecule has 0 spiro atoms. The van der Waals surface area contributed by atoms with Crippen molar-refractivity contribution in [1.29, 1.82) is 0 Å². The standard InChI is InChI=1S/C12H18O4/c1-2-3-4-7-15-8-5-10-6-9-16-11(10)12(13)14/h6,9H,2-5,7-8H2,1H3,(H,13,14). The number of carboxylic acids is 1. The lowest BCUT2D eigenvalue weighted by atomic mass is 10.2. The van der Waals surface area contributed by atoms with E-state index in [1.165, 1.54) is 19.1 Å². The molecule has 1 N–H and O–H groups in total. The Bertz CT molecular complexity index is 317. The molecule has 0 aromatic carbocycles. The highest BCUT2D eigenvalue weighted by Gasteiger charge is 2.12. The summed E-state index contributed by atoms with van der Waals surface area (Å²) in [5, 5.41) is 8.79. The minimum Gasteiger partial charge on any atom is -0.475 e. The third-order valence-corrected chi connectivity index (χ3v) is 2.35. The van der Waals surface area contributed by atoms with Crippen LogP contribution in [-0.2, 0) is 11.2 Å². The first-order valence-corrected chi connectivity index (χ1v) is 5.63. The monoisotopic (exact) mass is 226 g/mol. The molecule has 0 saturated heterocycles. The molecule has 1 aromatic rings. The van der Waals surface area contributed by atoms with Gasteiger partial charge in [0.25, 0.3) is 0 Å². The van der Waals surface area contributed by atoms with E-state index in [1.807, 2.05) is 0 Å². The molecule has 1 aromatic heterocycles. The zero-order chi connectivity index (χ0) is 11.8. The number of carboxylic acid groups (broad SMARTS) is 1. The van der Waals surface area contributed by atoms with E-state index in [-0.39, 0.29) is 5.76 Å². The SMILES string of the molecule is CCCCCOCCc1ccoc1C(=O)O. The molecular weight excluding hydrogens is 208 g/mol. The minimum absolute atomic E-state index is 0.0251. The highest BCUT2D eigenvalue weighted by molar-refractivity contribution is 5.86. The first-order chi connectivity index (χ1) is 7.75. The van der Waals surface area contributed by atoms with Crippen molar-refractivity contribution in [3.63, 3.8) is 0 Å². The number of aromatic carboxylic acids is 1. The van der Waals surface area contributed by atoms with Crippen molar-refractivity contribution in [2.75, 3.05) is 13.2 Å². The van der Waals surface area contributed by atoms with Crippen molar-refractivity contribution in [3.8, 4) is 0 Å².